The van der Waals surface area contributed by atoms with Crippen LogP contribution in [0.25, 0.3) is 0 Å². The molecule has 0 unspecified atom stereocenters. The van der Waals surface area contributed by atoms with Gasteiger partial charge >= 0.3 is 29.8 Å². The summed E-state index contributed by atoms with van der Waals surface area (Å²) < 4.78 is 25.2. The van der Waals surface area contributed by atoms with E-state index in [2.05, 4.69) is 0 Å². The topological polar surface area (TPSA) is 152 Å². The van der Waals surface area contributed by atoms with Crippen molar-refractivity contribution in [1.82, 2.24) is 4.90 Å². The Bertz CT molecular complexity index is 659. The van der Waals surface area contributed by atoms with Crippen molar-refractivity contribution in [2.75, 3.05) is 13.7 Å². The van der Waals surface area contributed by atoms with Crippen molar-refractivity contribution >= 4 is 35.8 Å². The summed E-state index contributed by atoms with van der Waals surface area (Å²) in [7, 11) is 1.28. The van der Waals surface area contributed by atoms with E-state index in [1.807, 2.05) is 0 Å². The van der Waals surface area contributed by atoms with E-state index in [9.17, 15) is 28.8 Å². The molecular formula is C18H27NO11. The van der Waals surface area contributed by atoms with Crippen molar-refractivity contribution in [2.24, 2.45) is 0 Å². The molecule has 0 aromatic carbocycles. The number of rotatable bonds is 10. The average molecular weight is 433 g/mol. The second-order valence-electron chi connectivity index (χ2n) is 6.23. The van der Waals surface area contributed by atoms with Crippen LogP contribution >= 0.6 is 0 Å². The highest BCUT2D eigenvalue weighted by atomic mass is 16.7. The minimum atomic E-state index is -1.79. The molecule has 0 N–H and O–H groups in total. The molecule has 3 atom stereocenters. The summed E-state index contributed by atoms with van der Waals surface area (Å²) in [5, 5.41) is 0. The highest BCUT2D eigenvalue weighted by Crippen LogP contribution is 2.22. The first kappa shape index (κ1) is 26.8. The SMILES string of the molecule is CC(=O)OC[C@@H](OC(C)=O)[C@H]([C@@H](OC(C)=O)C(OC(C)=O)OC(C)=O)N(C)C(C)=O. The second kappa shape index (κ2) is 12.4. The second-order valence-corrected chi connectivity index (χ2v) is 6.23. The van der Waals surface area contributed by atoms with Crippen molar-refractivity contribution in [3.05, 3.63) is 0 Å². The van der Waals surface area contributed by atoms with Crippen molar-refractivity contribution < 1.29 is 52.5 Å². The molecular weight excluding hydrogens is 406 g/mol. The lowest BCUT2D eigenvalue weighted by Crippen LogP contribution is -2.59. The van der Waals surface area contributed by atoms with Crippen LogP contribution in [0.5, 0.6) is 0 Å². The maximum absolute atomic E-state index is 12.1. The van der Waals surface area contributed by atoms with Crippen LogP contribution in [0, 0.1) is 0 Å². The predicted octanol–water partition coefficient (Wildman–Crippen LogP) is -0.288. The zero-order chi connectivity index (χ0) is 23.6. The van der Waals surface area contributed by atoms with Crippen LogP contribution in [0.4, 0.5) is 0 Å². The molecule has 0 bridgehead atoms. The van der Waals surface area contributed by atoms with E-state index < -0.39 is 66.9 Å². The first-order valence-corrected chi connectivity index (χ1v) is 8.81. The molecule has 30 heavy (non-hydrogen) atoms. The summed E-state index contributed by atoms with van der Waals surface area (Å²) in [5.41, 5.74) is 0. The van der Waals surface area contributed by atoms with Crippen LogP contribution in [0.2, 0.25) is 0 Å². The number of carbonyl (C=O) groups excluding carboxylic acids is 6. The fourth-order valence-electron chi connectivity index (χ4n) is 2.47. The van der Waals surface area contributed by atoms with E-state index in [1.54, 1.807) is 0 Å². The predicted molar refractivity (Wildman–Crippen MR) is 97.3 cm³/mol. The molecule has 0 rings (SSSR count). The third-order valence-electron chi connectivity index (χ3n) is 3.56. The van der Waals surface area contributed by atoms with E-state index in [-0.39, 0.29) is 0 Å². The fraction of sp³-hybridized carbons (Fsp3) is 0.667. The summed E-state index contributed by atoms with van der Waals surface area (Å²) in [5.74, 6) is -4.72. The van der Waals surface area contributed by atoms with Gasteiger partial charge in [-0.2, -0.15) is 0 Å². The Labute approximate surface area is 173 Å². The Balaban J connectivity index is 6.45. The standard InChI is InChI=1S/C18H27NO11/c1-9(20)19(7)16(15(27-11(3)22)8-26-10(2)21)17(28-12(4)23)18(29-13(5)24)30-14(6)25/h15-18H,8H2,1-7H3/t15-,16-,17-/m1/s1. The normalized spacial score (nSPS) is 13.3. The minimum absolute atomic E-state index is 0.526. The summed E-state index contributed by atoms with van der Waals surface area (Å²) in [6.07, 6.45) is -4.77. The molecule has 0 aliphatic carbocycles. The third kappa shape index (κ3) is 9.85. The molecule has 0 aliphatic rings. The van der Waals surface area contributed by atoms with E-state index in [1.165, 1.54) is 14.0 Å². The monoisotopic (exact) mass is 433 g/mol. The average Bonchev–Trinajstić information content (AvgIpc) is 2.56. The lowest BCUT2D eigenvalue weighted by molar-refractivity contribution is -0.226. The number of esters is 5. The van der Waals surface area contributed by atoms with Crippen LogP contribution in [0.3, 0.4) is 0 Å². The van der Waals surface area contributed by atoms with E-state index >= 15 is 0 Å². The number of likely N-dealkylation sites (N-methyl/N-ethyl adjacent to an activating group) is 1. The van der Waals surface area contributed by atoms with Crippen LogP contribution in [-0.2, 0) is 52.5 Å². The number of carbonyl (C=O) groups is 6. The minimum Gasteiger partial charge on any atom is -0.462 e. The highest BCUT2D eigenvalue weighted by molar-refractivity contribution is 5.74. The van der Waals surface area contributed by atoms with Crippen LogP contribution in [0.1, 0.15) is 41.5 Å². The van der Waals surface area contributed by atoms with Gasteiger partial charge < -0.3 is 28.6 Å². The van der Waals surface area contributed by atoms with Gasteiger partial charge in [0.25, 0.3) is 6.29 Å². The van der Waals surface area contributed by atoms with Gasteiger partial charge in [-0.3, -0.25) is 28.8 Å². The first-order valence-electron chi connectivity index (χ1n) is 8.81. The van der Waals surface area contributed by atoms with Gasteiger partial charge in [0, 0.05) is 48.6 Å². The van der Waals surface area contributed by atoms with Gasteiger partial charge in [-0.15, -0.1) is 0 Å². The van der Waals surface area contributed by atoms with Crippen LogP contribution in [-0.4, -0.2) is 78.8 Å². The molecule has 0 saturated heterocycles. The summed E-state index contributed by atoms with van der Waals surface area (Å²) >= 11 is 0. The van der Waals surface area contributed by atoms with E-state index in [4.69, 9.17) is 23.7 Å². The molecule has 0 fully saturated rings. The zero-order valence-electron chi connectivity index (χ0n) is 18.0. The molecule has 0 radical (unpaired) electrons. The van der Waals surface area contributed by atoms with E-state index in [0.717, 1.165) is 39.5 Å². The molecule has 0 spiro atoms. The third-order valence-corrected chi connectivity index (χ3v) is 3.56. The Kier molecular flexibility index (Phi) is 11.1. The molecule has 0 aromatic rings. The molecule has 170 valence electrons. The lowest BCUT2D eigenvalue weighted by Gasteiger charge is -2.39. The van der Waals surface area contributed by atoms with Crippen molar-refractivity contribution in [1.29, 1.82) is 0 Å². The number of ether oxygens (including phenoxy) is 5. The molecule has 0 saturated carbocycles. The maximum atomic E-state index is 12.1. The number of hydrogen-bond donors (Lipinski definition) is 0. The number of amides is 1. The lowest BCUT2D eigenvalue weighted by atomic mass is 10.0. The van der Waals surface area contributed by atoms with Crippen LogP contribution in [0.15, 0.2) is 0 Å². The fourth-order valence-corrected chi connectivity index (χ4v) is 2.47. The van der Waals surface area contributed by atoms with Crippen molar-refractivity contribution in [3.63, 3.8) is 0 Å². The van der Waals surface area contributed by atoms with E-state index in [0.29, 0.717) is 0 Å². The maximum Gasteiger partial charge on any atom is 0.305 e. The highest BCUT2D eigenvalue weighted by Gasteiger charge is 2.46. The van der Waals surface area contributed by atoms with Gasteiger partial charge in [0.1, 0.15) is 12.6 Å². The largest absolute Gasteiger partial charge is 0.462 e. The van der Waals surface area contributed by atoms with Gasteiger partial charge in [0.05, 0.1) is 0 Å². The molecule has 12 nitrogen and oxygen atoms in total. The van der Waals surface area contributed by atoms with Crippen molar-refractivity contribution in [2.45, 2.75) is 66.1 Å². The van der Waals surface area contributed by atoms with Crippen molar-refractivity contribution in [3.8, 4) is 0 Å². The summed E-state index contributed by atoms with van der Waals surface area (Å²) in [6.45, 7) is 5.90. The van der Waals surface area contributed by atoms with Gasteiger partial charge in [-0.25, -0.2) is 0 Å². The molecule has 0 aliphatic heterocycles. The Hall–Kier alpha value is -3.18. The van der Waals surface area contributed by atoms with Gasteiger partial charge in [0.2, 0.25) is 5.91 Å². The molecule has 12 heteroatoms. The number of hydrogen-bond acceptors (Lipinski definition) is 11. The molecule has 1 amide bonds. The van der Waals surface area contributed by atoms with Gasteiger partial charge in [0.15, 0.2) is 12.2 Å². The zero-order valence-corrected chi connectivity index (χ0v) is 18.0. The molecule has 0 aromatic heterocycles. The summed E-state index contributed by atoms with van der Waals surface area (Å²) in [4.78, 5) is 70.8. The van der Waals surface area contributed by atoms with Gasteiger partial charge in [-0.1, -0.05) is 0 Å². The Morgan fingerprint density at radius 1 is 0.667 bits per heavy atom. The van der Waals surface area contributed by atoms with Gasteiger partial charge in [-0.05, 0) is 0 Å². The summed E-state index contributed by atoms with van der Waals surface area (Å²) in [6, 6.07) is -1.36. The Morgan fingerprint density at radius 2 is 1.10 bits per heavy atom. The Morgan fingerprint density at radius 3 is 1.43 bits per heavy atom. The number of nitrogens with zero attached hydrogens (tertiary/aromatic N) is 1. The quantitative estimate of drug-likeness (QED) is 0.254. The smallest absolute Gasteiger partial charge is 0.305 e. The molecule has 0 heterocycles. The first-order chi connectivity index (χ1) is 13.8. The van der Waals surface area contributed by atoms with Crippen LogP contribution < -0.4 is 0 Å².